The Labute approximate surface area is 123 Å². The van der Waals surface area contributed by atoms with Crippen LogP contribution in [0.2, 0.25) is 0 Å². The zero-order chi connectivity index (χ0) is 13.8. The van der Waals surface area contributed by atoms with Gasteiger partial charge in [-0.2, -0.15) is 11.8 Å². The molecule has 0 aliphatic carbocycles. The minimum Gasteiger partial charge on any atom is -0.496 e. The molecule has 1 aromatic rings. The van der Waals surface area contributed by atoms with Gasteiger partial charge in [-0.3, -0.25) is 4.79 Å². The maximum atomic E-state index is 12.4. The zero-order valence-corrected chi connectivity index (χ0v) is 13.2. The van der Waals surface area contributed by atoms with Crippen LogP contribution in [-0.4, -0.2) is 34.4 Å². The molecule has 1 aliphatic rings. The van der Waals surface area contributed by atoms with Crippen molar-refractivity contribution in [1.82, 2.24) is 0 Å². The second-order valence-corrected chi connectivity index (χ2v) is 7.82. The number of para-hydroxylation sites is 1. The molecular formula is C15H20O2S2. The number of hydrogen-bond donors (Lipinski definition) is 0. The molecule has 3 unspecified atom stereocenters. The maximum absolute atomic E-state index is 12.4. The third-order valence-corrected chi connectivity index (χ3v) is 6.91. The van der Waals surface area contributed by atoms with Crippen LogP contribution in [-0.2, 0) is 11.2 Å². The molecule has 0 saturated carbocycles. The molecule has 1 fully saturated rings. The fourth-order valence-electron chi connectivity index (χ4n) is 2.10. The summed E-state index contributed by atoms with van der Waals surface area (Å²) in [5, 5.41) is 1.31. The van der Waals surface area contributed by atoms with Crippen molar-refractivity contribution in [3.63, 3.8) is 0 Å². The Morgan fingerprint density at radius 1 is 1.32 bits per heavy atom. The van der Waals surface area contributed by atoms with Crippen molar-refractivity contribution >= 4 is 29.3 Å². The fourth-order valence-corrected chi connectivity index (χ4v) is 4.99. The van der Waals surface area contributed by atoms with Crippen molar-refractivity contribution in [2.75, 3.05) is 12.9 Å². The van der Waals surface area contributed by atoms with E-state index in [-0.39, 0.29) is 5.25 Å². The Balaban J connectivity index is 2.01. The van der Waals surface area contributed by atoms with E-state index in [2.05, 4.69) is 13.8 Å². The molecule has 2 nitrogen and oxygen atoms in total. The number of carbonyl (C=O) groups is 1. The Hall–Kier alpha value is -0.610. The Morgan fingerprint density at radius 3 is 2.74 bits per heavy atom. The number of hydrogen-bond acceptors (Lipinski definition) is 4. The van der Waals surface area contributed by atoms with Gasteiger partial charge in [-0.15, -0.1) is 11.8 Å². The molecule has 0 N–H and O–H groups in total. The topological polar surface area (TPSA) is 26.3 Å². The van der Waals surface area contributed by atoms with E-state index >= 15 is 0 Å². The van der Waals surface area contributed by atoms with Gasteiger partial charge in [-0.25, -0.2) is 0 Å². The van der Waals surface area contributed by atoms with Gasteiger partial charge < -0.3 is 4.74 Å². The first kappa shape index (κ1) is 14.8. The van der Waals surface area contributed by atoms with Crippen molar-refractivity contribution in [2.45, 2.75) is 36.0 Å². The molecular weight excluding hydrogens is 276 g/mol. The molecule has 3 atom stereocenters. The van der Waals surface area contributed by atoms with Gasteiger partial charge in [0.2, 0.25) is 0 Å². The molecule has 104 valence electrons. The highest BCUT2D eigenvalue weighted by Gasteiger charge is 2.30. The second kappa shape index (κ2) is 6.71. The molecule has 1 aromatic carbocycles. The van der Waals surface area contributed by atoms with Crippen LogP contribution < -0.4 is 4.74 Å². The van der Waals surface area contributed by atoms with E-state index in [0.29, 0.717) is 22.7 Å². The van der Waals surface area contributed by atoms with E-state index in [9.17, 15) is 4.79 Å². The number of thioether (sulfide) groups is 2. The molecule has 19 heavy (non-hydrogen) atoms. The lowest BCUT2D eigenvalue weighted by Crippen LogP contribution is -2.32. The highest BCUT2D eigenvalue weighted by atomic mass is 32.2. The summed E-state index contributed by atoms with van der Waals surface area (Å²) in [6.07, 6.45) is 0.476. The molecule has 0 aromatic heterocycles. The minimum atomic E-state index is 0.126. The van der Waals surface area contributed by atoms with Gasteiger partial charge in [-0.05, 0) is 6.07 Å². The predicted octanol–water partition coefficient (Wildman–Crippen LogP) is 3.43. The van der Waals surface area contributed by atoms with E-state index in [1.165, 1.54) is 0 Å². The van der Waals surface area contributed by atoms with Gasteiger partial charge in [-0.1, -0.05) is 32.0 Å². The lowest BCUT2D eigenvalue weighted by Gasteiger charge is -2.30. The number of benzene rings is 1. The minimum absolute atomic E-state index is 0.126. The summed E-state index contributed by atoms with van der Waals surface area (Å²) in [7, 11) is 1.65. The average molecular weight is 296 g/mol. The second-order valence-electron chi connectivity index (χ2n) is 4.82. The molecule has 2 rings (SSSR count). The van der Waals surface area contributed by atoms with Gasteiger partial charge in [0, 0.05) is 28.2 Å². The van der Waals surface area contributed by atoms with Crippen LogP contribution >= 0.6 is 23.5 Å². The standard InChI is InChI=1S/C15H20O2S2/c1-10-11(2)19-15(9-18-10)13(16)8-12-6-4-5-7-14(12)17-3/h4-7,10-11,15H,8-9H2,1-3H3. The van der Waals surface area contributed by atoms with E-state index in [4.69, 9.17) is 4.74 Å². The third kappa shape index (κ3) is 3.69. The predicted molar refractivity (Wildman–Crippen MR) is 84.5 cm³/mol. The largest absolute Gasteiger partial charge is 0.496 e. The third-order valence-electron chi connectivity index (χ3n) is 3.47. The lowest BCUT2D eigenvalue weighted by molar-refractivity contribution is -0.117. The monoisotopic (exact) mass is 296 g/mol. The molecule has 0 amide bonds. The van der Waals surface area contributed by atoms with Gasteiger partial charge >= 0.3 is 0 Å². The Kier molecular flexibility index (Phi) is 5.22. The van der Waals surface area contributed by atoms with E-state index < -0.39 is 0 Å². The molecule has 0 bridgehead atoms. The van der Waals surface area contributed by atoms with Crippen LogP contribution in [0, 0.1) is 0 Å². The van der Waals surface area contributed by atoms with Crippen LogP contribution in [0.15, 0.2) is 24.3 Å². The SMILES string of the molecule is COc1ccccc1CC(=O)C1CSC(C)C(C)S1. The van der Waals surface area contributed by atoms with E-state index in [1.54, 1.807) is 7.11 Å². The number of Topliss-reactive ketones (excluding diaryl/α,β-unsaturated/α-hetero) is 1. The lowest BCUT2D eigenvalue weighted by atomic mass is 10.1. The van der Waals surface area contributed by atoms with Crippen LogP contribution in [0.1, 0.15) is 19.4 Å². The van der Waals surface area contributed by atoms with Crippen molar-refractivity contribution in [1.29, 1.82) is 0 Å². The van der Waals surface area contributed by atoms with Crippen molar-refractivity contribution in [3.8, 4) is 5.75 Å². The first-order chi connectivity index (χ1) is 9.11. The summed E-state index contributed by atoms with van der Waals surface area (Å²) in [6.45, 7) is 4.45. The number of ether oxygens (including phenoxy) is 1. The van der Waals surface area contributed by atoms with Crippen molar-refractivity contribution < 1.29 is 9.53 Å². The zero-order valence-electron chi connectivity index (χ0n) is 11.6. The highest BCUT2D eigenvalue weighted by molar-refractivity contribution is 8.08. The molecule has 1 heterocycles. The number of ketones is 1. The number of methoxy groups -OCH3 is 1. The van der Waals surface area contributed by atoms with E-state index in [1.807, 2.05) is 47.8 Å². The van der Waals surface area contributed by atoms with Gasteiger partial charge in [0.1, 0.15) is 5.75 Å². The van der Waals surface area contributed by atoms with Crippen molar-refractivity contribution in [3.05, 3.63) is 29.8 Å². The highest BCUT2D eigenvalue weighted by Crippen LogP contribution is 2.36. The summed E-state index contributed by atoms with van der Waals surface area (Å²) in [4.78, 5) is 12.4. The molecule has 1 aliphatic heterocycles. The summed E-state index contributed by atoms with van der Waals surface area (Å²) in [5.74, 6) is 2.07. The first-order valence-corrected chi connectivity index (χ1v) is 8.52. The van der Waals surface area contributed by atoms with Gasteiger partial charge in [0.05, 0.1) is 12.4 Å². The Bertz CT molecular complexity index is 448. The Morgan fingerprint density at radius 2 is 2.05 bits per heavy atom. The van der Waals surface area contributed by atoms with E-state index in [0.717, 1.165) is 17.1 Å². The van der Waals surface area contributed by atoms with Crippen LogP contribution in [0.5, 0.6) is 5.75 Å². The fraction of sp³-hybridized carbons (Fsp3) is 0.533. The summed E-state index contributed by atoms with van der Waals surface area (Å²) < 4.78 is 5.31. The van der Waals surface area contributed by atoms with Crippen LogP contribution in [0.4, 0.5) is 0 Å². The van der Waals surface area contributed by atoms with Crippen LogP contribution in [0.25, 0.3) is 0 Å². The molecule has 0 spiro atoms. The molecule has 4 heteroatoms. The summed E-state index contributed by atoms with van der Waals surface area (Å²) in [6, 6.07) is 7.78. The quantitative estimate of drug-likeness (QED) is 0.850. The van der Waals surface area contributed by atoms with Crippen molar-refractivity contribution in [2.24, 2.45) is 0 Å². The van der Waals surface area contributed by atoms with Gasteiger partial charge in [0.25, 0.3) is 0 Å². The smallest absolute Gasteiger partial charge is 0.151 e. The number of rotatable bonds is 4. The molecule has 0 radical (unpaired) electrons. The first-order valence-electron chi connectivity index (χ1n) is 6.53. The maximum Gasteiger partial charge on any atom is 0.151 e. The number of carbonyl (C=O) groups excluding carboxylic acids is 1. The van der Waals surface area contributed by atoms with Gasteiger partial charge in [0.15, 0.2) is 5.78 Å². The average Bonchev–Trinajstić information content (AvgIpc) is 2.42. The van der Waals surface area contributed by atoms with Crippen LogP contribution in [0.3, 0.4) is 0 Å². The summed E-state index contributed by atoms with van der Waals surface area (Å²) in [5.41, 5.74) is 0.992. The summed E-state index contributed by atoms with van der Waals surface area (Å²) >= 11 is 3.73. The normalized spacial score (nSPS) is 27.0. The molecule has 1 saturated heterocycles.